The second-order valence-electron chi connectivity index (χ2n) is 3.22. The van der Waals surface area contributed by atoms with E-state index in [4.69, 9.17) is 4.74 Å². The molecule has 12 heavy (non-hydrogen) atoms. The summed E-state index contributed by atoms with van der Waals surface area (Å²) in [5.41, 5.74) is 0. The minimum atomic E-state index is -0.0497. The molecule has 2 atom stereocenters. The third-order valence-corrected chi connectivity index (χ3v) is 3.76. The summed E-state index contributed by atoms with van der Waals surface area (Å²) in [5.74, 6) is 0.0716. The Balaban J connectivity index is 2.45. The van der Waals surface area contributed by atoms with E-state index in [1.807, 2.05) is 0 Å². The molecule has 0 aliphatic carbocycles. The molecule has 0 aromatic heterocycles. The fourth-order valence-electron chi connectivity index (χ4n) is 1.52. The van der Waals surface area contributed by atoms with Gasteiger partial charge in [-0.15, -0.1) is 0 Å². The van der Waals surface area contributed by atoms with E-state index in [2.05, 4.69) is 32.9 Å². The van der Waals surface area contributed by atoms with Crippen molar-refractivity contribution in [2.24, 2.45) is 5.92 Å². The molecular formula is C8H14INO2. The van der Waals surface area contributed by atoms with Crippen LogP contribution in [0.2, 0.25) is 0 Å². The van der Waals surface area contributed by atoms with E-state index in [9.17, 15) is 4.79 Å². The molecule has 1 heterocycles. The SMILES string of the molecule is COC(=O)C1CCN(I)C(C)C1. The maximum absolute atomic E-state index is 11.2. The molecule has 1 fully saturated rings. The molecule has 0 N–H and O–H groups in total. The smallest absolute Gasteiger partial charge is 0.308 e. The third kappa shape index (κ3) is 2.32. The average Bonchev–Trinajstić information content (AvgIpc) is 2.08. The fourth-order valence-corrected chi connectivity index (χ4v) is 2.03. The Morgan fingerprint density at radius 3 is 2.83 bits per heavy atom. The first kappa shape index (κ1) is 10.2. The van der Waals surface area contributed by atoms with Crippen LogP contribution in [0.4, 0.5) is 0 Å². The number of rotatable bonds is 1. The number of halogens is 1. The summed E-state index contributed by atoms with van der Waals surface area (Å²) in [6, 6.07) is 0.489. The number of piperidine rings is 1. The van der Waals surface area contributed by atoms with Gasteiger partial charge in [-0.2, -0.15) is 0 Å². The molecule has 2 unspecified atom stereocenters. The number of carbonyl (C=O) groups excluding carboxylic acids is 1. The number of nitrogens with zero attached hydrogens (tertiary/aromatic N) is 1. The Hall–Kier alpha value is 0.160. The molecule has 0 amide bonds. The highest BCUT2D eigenvalue weighted by Gasteiger charge is 2.29. The van der Waals surface area contributed by atoms with E-state index < -0.39 is 0 Å². The number of esters is 1. The zero-order chi connectivity index (χ0) is 9.14. The average molecular weight is 283 g/mol. The quantitative estimate of drug-likeness (QED) is 0.416. The Bertz CT molecular complexity index is 174. The lowest BCUT2D eigenvalue weighted by Crippen LogP contribution is -2.37. The van der Waals surface area contributed by atoms with Crippen LogP contribution in [-0.2, 0) is 9.53 Å². The molecule has 0 aromatic carbocycles. The normalized spacial score (nSPS) is 31.6. The summed E-state index contributed by atoms with van der Waals surface area (Å²) >= 11 is 2.31. The molecule has 4 heteroatoms. The Morgan fingerprint density at radius 2 is 2.33 bits per heavy atom. The summed E-state index contributed by atoms with van der Waals surface area (Å²) in [5, 5.41) is 0. The molecule has 3 nitrogen and oxygen atoms in total. The number of methoxy groups -OCH3 is 1. The van der Waals surface area contributed by atoms with E-state index in [0.717, 1.165) is 19.4 Å². The summed E-state index contributed by atoms with van der Waals surface area (Å²) in [4.78, 5) is 11.2. The Kier molecular flexibility index (Phi) is 3.77. The van der Waals surface area contributed by atoms with E-state index in [0.29, 0.717) is 6.04 Å². The lowest BCUT2D eigenvalue weighted by Gasteiger charge is -2.31. The van der Waals surface area contributed by atoms with Crippen LogP contribution < -0.4 is 0 Å². The van der Waals surface area contributed by atoms with Crippen LogP contribution in [-0.4, -0.2) is 28.8 Å². The molecule has 1 rings (SSSR count). The molecular weight excluding hydrogens is 269 g/mol. The topological polar surface area (TPSA) is 29.5 Å². The van der Waals surface area contributed by atoms with Crippen molar-refractivity contribution in [2.75, 3.05) is 13.7 Å². The van der Waals surface area contributed by atoms with E-state index in [1.165, 1.54) is 7.11 Å². The second kappa shape index (κ2) is 4.41. The first-order valence-electron chi connectivity index (χ1n) is 4.15. The van der Waals surface area contributed by atoms with Gasteiger partial charge in [0.25, 0.3) is 0 Å². The fraction of sp³-hybridized carbons (Fsp3) is 0.875. The summed E-state index contributed by atoms with van der Waals surface area (Å²) in [7, 11) is 1.46. The number of carbonyl (C=O) groups is 1. The predicted octanol–water partition coefficient (Wildman–Crippen LogP) is 1.61. The molecule has 1 aliphatic rings. The maximum atomic E-state index is 11.2. The summed E-state index contributed by atoms with van der Waals surface area (Å²) in [6.07, 6.45) is 1.86. The van der Waals surface area contributed by atoms with E-state index >= 15 is 0 Å². The van der Waals surface area contributed by atoms with Gasteiger partial charge in [-0.25, -0.2) is 3.11 Å². The highest BCUT2D eigenvalue weighted by molar-refractivity contribution is 14.1. The molecule has 1 aliphatic heterocycles. The van der Waals surface area contributed by atoms with E-state index in [1.54, 1.807) is 0 Å². The van der Waals surface area contributed by atoms with Gasteiger partial charge in [0.2, 0.25) is 0 Å². The zero-order valence-electron chi connectivity index (χ0n) is 7.42. The summed E-state index contributed by atoms with van der Waals surface area (Å²) in [6.45, 7) is 3.13. The van der Waals surface area contributed by atoms with Gasteiger partial charge in [0.15, 0.2) is 0 Å². The monoisotopic (exact) mass is 283 g/mol. The molecule has 0 aromatic rings. The van der Waals surface area contributed by atoms with Crippen molar-refractivity contribution >= 4 is 28.8 Å². The lowest BCUT2D eigenvalue weighted by molar-refractivity contribution is -0.147. The third-order valence-electron chi connectivity index (χ3n) is 2.33. The van der Waals surface area contributed by atoms with Crippen molar-refractivity contribution in [3.05, 3.63) is 0 Å². The number of hydrogen-bond acceptors (Lipinski definition) is 3. The second-order valence-corrected chi connectivity index (χ2v) is 4.46. The van der Waals surface area contributed by atoms with Crippen LogP contribution in [0.1, 0.15) is 19.8 Å². The van der Waals surface area contributed by atoms with Gasteiger partial charge in [-0.1, -0.05) is 0 Å². The number of hydrogen-bond donors (Lipinski definition) is 0. The van der Waals surface area contributed by atoms with Gasteiger partial charge in [0.05, 0.1) is 13.0 Å². The van der Waals surface area contributed by atoms with Gasteiger partial charge in [0.1, 0.15) is 0 Å². The lowest BCUT2D eigenvalue weighted by atomic mass is 9.93. The van der Waals surface area contributed by atoms with Crippen LogP contribution in [0, 0.1) is 5.92 Å². The van der Waals surface area contributed by atoms with Gasteiger partial charge in [-0.05, 0) is 19.8 Å². The standard InChI is InChI=1S/C8H14INO2/c1-6-5-7(8(11)12-2)3-4-10(6)9/h6-7H,3-5H2,1-2H3. The van der Waals surface area contributed by atoms with Crippen molar-refractivity contribution in [2.45, 2.75) is 25.8 Å². The van der Waals surface area contributed by atoms with Gasteiger partial charge < -0.3 is 4.74 Å². The maximum Gasteiger partial charge on any atom is 0.308 e. The van der Waals surface area contributed by atoms with Gasteiger partial charge in [-0.3, -0.25) is 4.79 Å². The molecule has 0 bridgehead atoms. The zero-order valence-corrected chi connectivity index (χ0v) is 9.58. The van der Waals surface area contributed by atoms with Gasteiger partial charge >= 0.3 is 5.97 Å². The molecule has 0 radical (unpaired) electrons. The highest BCUT2D eigenvalue weighted by atomic mass is 127. The van der Waals surface area contributed by atoms with Crippen LogP contribution in [0.3, 0.4) is 0 Å². The van der Waals surface area contributed by atoms with Crippen molar-refractivity contribution in [3.8, 4) is 0 Å². The van der Waals surface area contributed by atoms with Crippen LogP contribution >= 0.6 is 22.9 Å². The van der Waals surface area contributed by atoms with Crippen molar-refractivity contribution in [1.29, 1.82) is 0 Å². The summed E-state index contributed by atoms with van der Waals surface area (Å²) < 4.78 is 6.96. The minimum Gasteiger partial charge on any atom is -0.469 e. The largest absolute Gasteiger partial charge is 0.469 e. The molecule has 1 saturated heterocycles. The van der Waals surface area contributed by atoms with Crippen LogP contribution in [0.5, 0.6) is 0 Å². The van der Waals surface area contributed by atoms with Crippen LogP contribution in [0.25, 0.3) is 0 Å². The minimum absolute atomic E-state index is 0.0497. The molecule has 0 saturated carbocycles. The molecule has 70 valence electrons. The molecule has 0 spiro atoms. The Labute approximate surface area is 86.9 Å². The highest BCUT2D eigenvalue weighted by Crippen LogP contribution is 2.25. The number of ether oxygens (including phenoxy) is 1. The van der Waals surface area contributed by atoms with Crippen molar-refractivity contribution in [3.63, 3.8) is 0 Å². The van der Waals surface area contributed by atoms with Crippen molar-refractivity contribution < 1.29 is 9.53 Å². The first-order chi connectivity index (χ1) is 5.65. The first-order valence-corrected chi connectivity index (χ1v) is 5.12. The van der Waals surface area contributed by atoms with E-state index in [-0.39, 0.29) is 11.9 Å². The van der Waals surface area contributed by atoms with Gasteiger partial charge in [0, 0.05) is 35.5 Å². The van der Waals surface area contributed by atoms with Crippen molar-refractivity contribution in [1.82, 2.24) is 3.11 Å². The Morgan fingerprint density at radius 1 is 1.67 bits per heavy atom. The van der Waals surface area contributed by atoms with Crippen LogP contribution in [0.15, 0.2) is 0 Å². The predicted molar refractivity (Wildman–Crippen MR) is 54.9 cm³/mol.